The molecule has 0 bridgehead atoms. The Hall–Kier alpha value is -0.280. The van der Waals surface area contributed by atoms with Crippen molar-refractivity contribution in [2.24, 2.45) is 0 Å². The molecule has 0 atom stereocenters. The quantitative estimate of drug-likeness (QED) is 0.104. The maximum absolute atomic E-state index is 13.1. The SMILES string of the molecule is C#Cc1ccc(C(=O)Oc2c(I)cc(I)cc2I)c(C(=O)Oc2cc(I)c(S(=O)(=O)O)c(I)c2)c1. The van der Waals surface area contributed by atoms with Crippen LogP contribution >= 0.6 is 113 Å². The Morgan fingerprint density at radius 2 is 1.34 bits per heavy atom. The average molecular weight is 1050 g/mol. The Morgan fingerprint density at radius 1 is 0.800 bits per heavy atom. The van der Waals surface area contributed by atoms with Gasteiger partial charge in [0.2, 0.25) is 0 Å². The van der Waals surface area contributed by atoms with Gasteiger partial charge in [0.15, 0.2) is 5.75 Å². The van der Waals surface area contributed by atoms with Crippen LogP contribution in [-0.4, -0.2) is 24.9 Å². The third-order valence-corrected chi connectivity index (χ3v) is 9.84. The summed E-state index contributed by atoms with van der Waals surface area (Å²) in [7, 11) is -4.47. The third kappa shape index (κ3) is 7.18. The van der Waals surface area contributed by atoms with E-state index in [1.165, 1.54) is 30.3 Å². The van der Waals surface area contributed by atoms with Crippen LogP contribution in [0.15, 0.2) is 47.4 Å². The minimum atomic E-state index is -4.47. The summed E-state index contributed by atoms with van der Waals surface area (Å²) >= 11 is 9.70. The number of hydrogen-bond donors (Lipinski definition) is 1. The lowest BCUT2D eigenvalue weighted by atomic mass is 10.0. The van der Waals surface area contributed by atoms with E-state index in [1.807, 2.05) is 12.1 Å². The van der Waals surface area contributed by atoms with E-state index in [1.54, 1.807) is 45.2 Å². The van der Waals surface area contributed by atoms with E-state index >= 15 is 0 Å². The fraction of sp³-hybridized carbons (Fsp3) is 0. The van der Waals surface area contributed by atoms with Gasteiger partial charge in [0.1, 0.15) is 10.6 Å². The largest absolute Gasteiger partial charge is 0.423 e. The lowest BCUT2D eigenvalue weighted by Gasteiger charge is -2.13. The van der Waals surface area contributed by atoms with Crippen molar-refractivity contribution in [3.63, 3.8) is 0 Å². The predicted molar refractivity (Wildman–Crippen MR) is 171 cm³/mol. The van der Waals surface area contributed by atoms with Gasteiger partial charge in [-0.25, -0.2) is 9.59 Å². The molecule has 3 rings (SSSR count). The van der Waals surface area contributed by atoms with E-state index in [0.717, 1.165) is 10.7 Å². The number of ether oxygens (including phenoxy) is 2. The summed E-state index contributed by atoms with van der Waals surface area (Å²) in [5.74, 6) is 1.12. The highest BCUT2D eigenvalue weighted by Gasteiger charge is 2.25. The van der Waals surface area contributed by atoms with Gasteiger partial charge in [-0.05, 0) is 155 Å². The molecule has 35 heavy (non-hydrogen) atoms. The van der Waals surface area contributed by atoms with Gasteiger partial charge < -0.3 is 9.47 Å². The van der Waals surface area contributed by atoms with Crippen LogP contribution in [0.3, 0.4) is 0 Å². The Labute approximate surface area is 268 Å². The van der Waals surface area contributed by atoms with Crippen molar-refractivity contribution in [2.45, 2.75) is 4.90 Å². The smallest absolute Gasteiger partial charge is 0.344 e. The fourth-order valence-electron chi connectivity index (χ4n) is 2.76. The van der Waals surface area contributed by atoms with E-state index in [2.05, 4.69) is 73.7 Å². The van der Waals surface area contributed by atoms with Crippen LogP contribution in [0.2, 0.25) is 0 Å². The average Bonchev–Trinajstić information content (AvgIpc) is 2.74. The molecule has 13 heteroatoms. The molecule has 0 radical (unpaired) electrons. The van der Waals surface area contributed by atoms with Crippen LogP contribution < -0.4 is 9.47 Å². The highest BCUT2D eigenvalue weighted by molar-refractivity contribution is 14.1. The number of benzene rings is 3. The molecule has 3 aromatic rings. The van der Waals surface area contributed by atoms with Crippen molar-refractivity contribution in [2.75, 3.05) is 0 Å². The zero-order valence-corrected chi connectivity index (χ0v) is 28.4. The Morgan fingerprint density at radius 3 is 1.86 bits per heavy atom. The van der Waals surface area contributed by atoms with Gasteiger partial charge in [0.05, 0.1) is 18.3 Å². The number of hydrogen-bond acceptors (Lipinski definition) is 6. The summed E-state index contributed by atoms with van der Waals surface area (Å²) < 4.78 is 46.4. The highest BCUT2D eigenvalue weighted by Crippen LogP contribution is 2.32. The molecule has 0 aromatic heterocycles. The van der Waals surface area contributed by atoms with E-state index < -0.39 is 22.1 Å². The summed E-state index contributed by atoms with van der Waals surface area (Å²) in [6.07, 6.45) is 5.47. The number of esters is 2. The topological polar surface area (TPSA) is 107 Å². The molecule has 0 fully saturated rings. The standard InChI is InChI=1S/C22H9I5O7S/c1-2-10-3-4-13(21(28)34-19-15(24)6-11(23)7-16(19)25)14(5-10)22(29)33-12-8-17(26)20(18(27)9-12)35(30,31)32/h1,3-9H,(H,30,31,32). The summed E-state index contributed by atoms with van der Waals surface area (Å²) in [5, 5.41) is 0. The molecule has 0 unspecified atom stereocenters. The van der Waals surface area contributed by atoms with Gasteiger partial charge in [-0.1, -0.05) is 5.92 Å². The molecular formula is C22H9I5O7S. The normalized spacial score (nSPS) is 11.0. The Bertz CT molecular complexity index is 1480. The van der Waals surface area contributed by atoms with Gasteiger partial charge in [-0.2, -0.15) is 8.42 Å². The fourth-order valence-corrected chi connectivity index (χ4v) is 10.6. The molecule has 3 aromatic carbocycles. The molecule has 0 aliphatic carbocycles. The molecule has 0 spiro atoms. The van der Waals surface area contributed by atoms with Crippen LogP contribution in [0.25, 0.3) is 0 Å². The van der Waals surface area contributed by atoms with Crippen molar-refractivity contribution >= 4 is 135 Å². The summed E-state index contributed by atoms with van der Waals surface area (Å²) in [4.78, 5) is 25.8. The molecule has 0 heterocycles. The molecule has 1 N–H and O–H groups in total. The van der Waals surface area contributed by atoms with Crippen LogP contribution in [0.4, 0.5) is 0 Å². The van der Waals surface area contributed by atoms with Crippen molar-refractivity contribution in [3.8, 4) is 23.8 Å². The van der Waals surface area contributed by atoms with Gasteiger partial charge in [-0.3, -0.25) is 4.55 Å². The lowest BCUT2D eigenvalue weighted by molar-refractivity contribution is 0.0690. The molecule has 180 valence electrons. The van der Waals surface area contributed by atoms with Crippen LogP contribution in [-0.2, 0) is 10.1 Å². The molecule has 0 saturated heterocycles. The number of halogens is 5. The van der Waals surface area contributed by atoms with Gasteiger partial charge >= 0.3 is 11.9 Å². The summed E-state index contributed by atoms with van der Waals surface area (Å²) in [6, 6.07) is 10.5. The van der Waals surface area contributed by atoms with Crippen molar-refractivity contribution in [1.82, 2.24) is 0 Å². The molecule has 0 saturated carbocycles. The molecule has 0 amide bonds. The minimum Gasteiger partial charge on any atom is -0.423 e. The summed E-state index contributed by atoms with van der Waals surface area (Å²) in [5.41, 5.74) is 0.167. The van der Waals surface area contributed by atoms with Crippen molar-refractivity contribution in [3.05, 3.63) is 77.0 Å². The monoisotopic (exact) mass is 1050 g/mol. The number of carbonyl (C=O) groups excluding carboxylic acids is 2. The maximum atomic E-state index is 13.1. The second-order valence-electron chi connectivity index (χ2n) is 6.57. The lowest BCUT2D eigenvalue weighted by Crippen LogP contribution is -2.19. The first-order valence-corrected chi connectivity index (χ1v) is 15.8. The second-order valence-corrected chi connectivity index (χ2v) is 13.8. The van der Waals surface area contributed by atoms with Crippen LogP contribution in [0.5, 0.6) is 11.5 Å². The van der Waals surface area contributed by atoms with Crippen LogP contribution in [0, 0.1) is 30.2 Å². The Balaban J connectivity index is 1.99. The van der Waals surface area contributed by atoms with Gasteiger partial charge in [0.25, 0.3) is 10.1 Å². The van der Waals surface area contributed by atoms with Gasteiger partial charge in [-0.15, -0.1) is 6.42 Å². The van der Waals surface area contributed by atoms with Crippen molar-refractivity contribution in [1.29, 1.82) is 0 Å². The zero-order chi connectivity index (χ0) is 26.1. The van der Waals surface area contributed by atoms with E-state index in [9.17, 15) is 22.6 Å². The van der Waals surface area contributed by atoms with Crippen molar-refractivity contribution < 1.29 is 32.0 Å². The maximum Gasteiger partial charge on any atom is 0.344 e. The predicted octanol–water partition coefficient (Wildman–Crippen LogP) is 6.38. The summed E-state index contributed by atoms with van der Waals surface area (Å²) in [6.45, 7) is 0. The molecule has 7 nitrogen and oxygen atoms in total. The molecule has 0 aliphatic heterocycles. The minimum absolute atomic E-state index is 0.0170. The number of carbonyl (C=O) groups is 2. The number of terminal acetylenes is 1. The molecular weight excluding hydrogens is 1040 g/mol. The van der Waals surface area contributed by atoms with Crippen LogP contribution in [0.1, 0.15) is 26.3 Å². The number of rotatable bonds is 5. The van der Waals surface area contributed by atoms with E-state index in [-0.39, 0.29) is 28.9 Å². The third-order valence-electron chi connectivity index (χ3n) is 4.22. The first-order valence-electron chi connectivity index (χ1n) is 8.98. The first kappa shape index (κ1) is 29.3. The Kier molecular flexibility index (Phi) is 10.1. The highest BCUT2D eigenvalue weighted by atomic mass is 127. The first-order chi connectivity index (χ1) is 16.3. The van der Waals surface area contributed by atoms with E-state index in [4.69, 9.17) is 15.9 Å². The second kappa shape index (κ2) is 12.1. The van der Waals surface area contributed by atoms with E-state index in [0.29, 0.717) is 11.3 Å². The van der Waals surface area contributed by atoms with Gasteiger partial charge in [0, 0.05) is 16.3 Å². The molecule has 0 aliphatic rings. The zero-order valence-electron chi connectivity index (χ0n) is 16.8.